The summed E-state index contributed by atoms with van der Waals surface area (Å²) in [5, 5.41) is 0. The molecular formula is C18H24N4O4. The third-order valence-corrected chi connectivity index (χ3v) is 5.45. The molecule has 2 atom stereocenters. The van der Waals surface area contributed by atoms with Crippen molar-refractivity contribution in [3.8, 4) is 0 Å². The van der Waals surface area contributed by atoms with Gasteiger partial charge in [-0.2, -0.15) is 0 Å². The van der Waals surface area contributed by atoms with E-state index in [0.29, 0.717) is 31.2 Å². The van der Waals surface area contributed by atoms with Crippen molar-refractivity contribution >= 4 is 18.0 Å². The highest BCUT2D eigenvalue weighted by atomic mass is 16.6. The van der Waals surface area contributed by atoms with Gasteiger partial charge in [0.2, 0.25) is 5.95 Å². The van der Waals surface area contributed by atoms with Crippen LogP contribution < -0.4 is 4.90 Å². The molecule has 2 bridgehead atoms. The number of amides is 1. The molecule has 2 aliphatic heterocycles. The van der Waals surface area contributed by atoms with Gasteiger partial charge in [-0.05, 0) is 39.0 Å². The van der Waals surface area contributed by atoms with Crippen LogP contribution in [0.3, 0.4) is 0 Å². The zero-order valence-corrected chi connectivity index (χ0v) is 15.0. The maximum atomic E-state index is 12.4. The third kappa shape index (κ3) is 3.20. The number of likely N-dealkylation sites (tertiary alicyclic amines) is 1. The Morgan fingerprint density at radius 2 is 1.88 bits per heavy atom. The minimum Gasteiger partial charge on any atom is -0.462 e. The van der Waals surface area contributed by atoms with E-state index in [4.69, 9.17) is 9.47 Å². The molecule has 3 aliphatic rings. The van der Waals surface area contributed by atoms with E-state index in [0.717, 1.165) is 32.1 Å². The lowest BCUT2D eigenvalue weighted by Crippen LogP contribution is -2.50. The second-order valence-corrected chi connectivity index (χ2v) is 7.13. The Balaban J connectivity index is 1.36. The molecule has 26 heavy (non-hydrogen) atoms. The van der Waals surface area contributed by atoms with E-state index in [2.05, 4.69) is 14.9 Å². The molecule has 140 valence electrons. The van der Waals surface area contributed by atoms with Gasteiger partial charge in [0, 0.05) is 25.5 Å². The molecule has 3 heterocycles. The van der Waals surface area contributed by atoms with E-state index in [1.165, 1.54) is 12.4 Å². The van der Waals surface area contributed by atoms with Crippen LogP contribution in [0.25, 0.3) is 0 Å². The van der Waals surface area contributed by atoms with Crippen LogP contribution in [-0.4, -0.2) is 64.8 Å². The lowest BCUT2D eigenvalue weighted by molar-refractivity contribution is 0.0524. The van der Waals surface area contributed by atoms with Crippen LogP contribution in [0.15, 0.2) is 12.4 Å². The average Bonchev–Trinajstić information content (AvgIpc) is 3.39. The molecule has 1 aromatic rings. The van der Waals surface area contributed by atoms with Crippen molar-refractivity contribution < 1.29 is 19.1 Å². The number of hydrogen-bond acceptors (Lipinski definition) is 7. The average molecular weight is 360 g/mol. The number of carbonyl (C=O) groups excluding carboxylic acids is 2. The van der Waals surface area contributed by atoms with Gasteiger partial charge >= 0.3 is 12.1 Å². The number of piperazine rings is 1. The van der Waals surface area contributed by atoms with E-state index in [-0.39, 0.29) is 24.3 Å². The molecule has 0 aromatic carbocycles. The largest absolute Gasteiger partial charge is 0.462 e. The molecule has 0 spiro atoms. The minimum absolute atomic E-state index is 0.0940. The fourth-order valence-electron chi connectivity index (χ4n) is 4.14. The summed E-state index contributed by atoms with van der Waals surface area (Å²) in [5.41, 5.74) is 0.349. The molecule has 8 heteroatoms. The first-order valence-corrected chi connectivity index (χ1v) is 9.38. The smallest absolute Gasteiger partial charge is 0.410 e. The Hall–Kier alpha value is -2.38. The van der Waals surface area contributed by atoms with Crippen LogP contribution in [-0.2, 0) is 9.47 Å². The highest BCUT2D eigenvalue weighted by Gasteiger charge is 2.47. The number of fused-ring (bicyclic) bond motifs is 2. The normalized spacial score (nSPS) is 25.0. The van der Waals surface area contributed by atoms with Gasteiger partial charge in [-0.15, -0.1) is 0 Å². The number of carbonyl (C=O) groups is 2. The Morgan fingerprint density at radius 1 is 1.15 bits per heavy atom. The lowest BCUT2D eigenvalue weighted by atomic mass is 10.2. The third-order valence-electron chi connectivity index (χ3n) is 5.45. The van der Waals surface area contributed by atoms with Gasteiger partial charge in [0.25, 0.3) is 0 Å². The fraction of sp³-hybridized carbons (Fsp3) is 0.667. The zero-order valence-electron chi connectivity index (χ0n) is 15.0. The predicted molar refractivity (Wildman–Crippen MR) is 93.0 cm³/mol. The van der Waals surface area contributed by atoms with Gasteiger partial charge in [-0.3, -0.25) is 0 Å². The Bertz CT molecular complexity index is 674. The number of nitrogens with zero attached hydrogens (tertiary/aromatic N) is 4. The minimum atomic E-state index is -0.414. The van der Waals surface area contributed by atoms with Crippen molar-refractivity contribution in [2.45, 2.75) is 57.2 Å². The second kappa shape index (κ2) is 7.09. The number of anilines is 1. The van der Waals surface area contributed by atoms with Crippen LogP contribution in [0.4, 0.5) is 10.7 Å². The zero-order chi connectivity index (χ0) is 18.1. The SMILES string of the molecule is CCOC(=O)c1cnc(N2C[C@@H]3C[C@H]2CN3C(=O)OC2CCCC2)nc1. The first kappa shape index (κ1) is 17.1. The molecule has 8 nitrogen and oxygen atoms in total. The van der Waals surface area contributed by atoms with Crippen LogP contribution >= 0.6 is 0 Å². The summed E-state index contributed by atoms with van der Waals surface area (Å²) in [4.78, 5) is 36.7. The number of rotatable bonds is 4. The Morgan fingerprint density at radius 3 is 2.50 bits per heavy atom. The summed E-state index contributed by atoms with van der Waals surface area (Å²) in [5.74, 6) is 0.178. The van der Waals surface area contributed by atoms with E-state index in [1.807, 2.05) is 4.90 Å². The van der Waals surface area contributed by atoms with Crippen molar-refractivity contribution in [1.29, 1.82) is 0 Å². The number of esters is 1. The predicted octanol–water partition coefficient (Wildman–Crippen LogP) is 2.00. The number of ether oxygens (including phenoxy) is 2. The van der Waals surface area contributed by atoms with Gasteiger partial charge in [-0.25, -0.2) is 19.6 Å². The van der Waals surface area contributed by atoms with Crippen LogP contribution in [0, 0.1) is 0 Å². The first-order valence-electron chi connectivity index (χ1n) is 9.38. The van der Waals surface area contributed by atoms with Crippen LogP contribution in [0.2, 0.25) is 0 Å². The highest BCUT2D eigenvalue weighted by molar-refractivity contribution is 5.88. The van der Waals surface area contributed by atoms with Crippen LogP contribution in [0.5, 0.6) is 0 Å². The summed E-state index contributed by atoms with van der Waals surface area (Å²) >= 11 is 0. The standard InChI is InChI=1S/C18H24N4O4/c1-2-25-16(23)12-8-19-17(20-9-12)21-10-14-7-13(21)11-22(14)18(24)26-15-5-3-4-6-15/h8-9,13-15H,2-7,10-11H2,1H3/t13-,14-/m0/s1. The maximum absolute atomic E-state index is 12.4. The van der Waals surface area contributed by atoms with Crippen molar-refractivity contribution in [3.05, 3.63) is 18.0 Å². The van der Waals surface area contributed by atoms with Gasteiger partial charge in [0.1, 0.15) is 6.10 Å². The van der Waals surface area contributed by atoms with E-state index in [9.17, 15) is 9.59 Å². The summed E-state index contributed by atoms with van der Waals surface area (Å²) < 4.78 is 10.6. The summed E-state index contributed by atoms with van der Waals surface area (Å²) in [6.07, 6.45) is 8.09. The number of aromatic nitrogens is 2. The van der Waals surface area contributed by atoms with Gasteiger partial charge in [0.05, 0.1) is 24.3 Å². The van der Waals surface area contributed by atoms with Crippen LogP contribution in [0.1, 0.15) is 49.4 Å². The quantitative estimate of drug-likeness (QED) is 0.759. The summed E-state index contributed by atoms with van der Waals surface area (Å²) in [6, 6.07) is 0.340. The molecule has 1 aromatic heterocycles. The topological polar surface area (TPSA) is 84.9 Å². The molecule has 3 fully saturated rings. The fourth-order valence-corrected chi connectivity index (χ4v) is 4.14. The molecule has 1 saturated carbocycles. The molecule has 1 amide bonds. The van der Waals surface area contributed by atoms with E-state index >= 15 is 0 Å². The highest BCUT2D eigenvalue weighted by Crippen LogP contribution is 2.34. The number of hydrogen-bond donors (Lipinski definition) is 0. The second-order valence-electron chi connectivity index (χ2n) is 7.13. The first-order chi connectivity index (χ1) is 12.7. The molecular weight excluding hydrogens is 336 g/mol. The Labute approximate surface area is 152 Å². The van der Waals surface area contributed by atoms with E-state index < -0.39 is 5.97 Å². The molecule has 0 radical (unpaired) electrons. The van der Waals surface area contributed by atoms with Gasteiger partial charge < -0.3 is 19.3 Å². The molecule has 1 aliphatic carbocycles. The monoisotopic (exact) mass is 360 g/mol. The lowest BCUT2D eigenvalue weighted by Gasteiger charge is -2.34. The van der Waals surface area contributed by atoms with Crippen molar-refractivity contribution in [1.82, 2.24) is 14.9 Å². The molecule has 0 unspecified atom stereocenters. The van der Waals surface area contributed by atoms with Crippen molar-refractivity contribution in [3.63, 3.8) is 0 Å². The van der Waals surface area contributed by atoms with E-state index in [1.54, 1.807) is 6.92 Å². The summed E-state index contributed by atoms with van der Waals surface area (Å²) in [7, 11) is 0. The molecule has 4 rings (SSSR count). The molecule has 2 saturated heterocycles. The van der Waals surface area contributed by atoms with Crippen molar-refractivity contribution in [2.24, 2.45) is 0 Å². The van der Waals surface area contributed by atoms with Gasteiger partial charge in [0.15, 0.2) is 0 Å². The summed E-state index contributed by atoms with van der Waals surface area (Å²) in [6.45, 7) is 3.42. The molecule has 0 N–H and O–H groups in total. The van der Waals surface area contributed by atoms with Crippen molar-refractivity contribution in [2.75, 3.05) is 24.6 Å². The van der Waals surface area contributed by atoms with Gasteiger partial charge in [-0.1, -0.05) is 0 Å². The Kier molecular flexibility index (Phi) is 4.65. The maximum Gasteiger partial charge on any atom is 0.410 e.